The molecular formula is C28H34O8S2. The molecule has 3 aromatic carbocycles. The van der Waals surface area contributed by atoms with E-state index in [1.807, 2.05) is 91.0 Å². The lowest BCUT2D eigenvalue weighted by Crippen LogP contribution is -2.44. The summed E-state index contributed by atoms with van der Waals surface area (Å²) < 4.78 is 71.3. The van der Waals surface area contributed by atoms with Crippen molar-refractivity contribution >= 4 is 20.2 Å². The molecule has 3 aromatic rings. The lowest BCUT2D eigenvalue weighted by molar-refractivity contribution is -0.0982. The van der Waals surface area contributed by atoms with Gasteiger partial charge in [0.25, 0.3) is 20.2 Å². The summed E-state index contributed by atoms with van der Waals surface area (Å²) in [5.41, 5.74) is 2.68. The summed E-state index contributed by atoms with van der Waals surface area (Å²) in [6, 6.07) is 28.3. The van der Waals surface area contributed by atoms with Gasteiger partial charge in [-0.1, -0.05) is 91.0 Å². The predicted molar refractivity (Wildman–Crippen MR) is 145 cm³/mol. The number of hydrogen-bond donors (Lipinski definition) is 0. The second-order valence-electron chi connectivity index (χ2n) is 9.04. The Morgan fingerprint density at radius 2 is 1.13 bits per heavy atom. The van der Waals surface area contributed by atoms with Gasteiger partial charge >= 0.3 is 0 Å². The van der Waals surface area contributed by atoms with Gasteiger partial charge in [0.15, 0.2) is 0 Å². The van der Waals surface area contributed by atoms with Gasteiger partial charge in [0.1, 0.15) is 6.10 Å². The molecule has 0 N–H and O–H groups in total. The summed E-state index contributed by atoms with van der Waals surface area (Å²) in [4.78, 5) is 0. The van der Waals surface area contributed by atoms with Gasteiger partial charge in [0.2, 0.25) is 0 Å². The average molecular weight is 563 g/mol. The van der Waals surface area contributed by atoms with Crippen molar-refractivity contribution in [2.45, 2.75) is 31.8 Å². The van der Waals surface area contributed by atoms with Crippen LogP contribution < -0.4 is 0 Å². The van der Waals surface area contributed by atoms with Gasteiger partial charge in [0, 0.05) is 5.92 Å². The van der Waals surface area contributed by atoms with Gasteiger partial charge in [-0.2, -0.15) is 16.8 Å². The normalized spacial score (nSPS) is 14.6. The summed E-state index contributed by atoms with van der Waals surface area (Å²) in [7, 11) is -7.69. The van der Waals surface area contributed by atoms with E-state index in [2.05, 4.69) is 0 Å². The topological polar surface area (TPSA) is 105 Å². The van der Waals surface area contributed by atoms with Crippen LogP contribution in [0.15, 0.2) is 91.0 Å². The van der Waals surface area contributed by atoms with Gasteiger partial charge in [0.05, 0.1) is 45.0 Å². The van der Waals surface area contributed by atoms with Gasteiger partial charge in [-0.05, 0) is 23.1 Å². The molecule has 0 amide bonds. The molecule has 0 aliphatic heterocycles. The van der Waals surface area contributed by atoms with Crippen molar-refractivity contribution in [2.75, 3.05) is 25.7 Å². The van der Waals surface area contributed by atoms with Gasteiger partial charge in [-0.3, -0.25) is 8.37 Å². The number of hydrogen-bond acceptors (Lipinski definition) is 8. The molecule has 0 heterocycles. The molecule has 0 bridgehead atoms. The number of benzene rings is 3. The van der Waals surface area contributed by atoms with Crippen LogP contribution in [0.4, 0.5) is 0 Å². The fourth-order valence-electron chi connectivity index (χ4n) is 3.98. The van der Waals surface area contributed by atoms with Crippen molar-refractivity contribution in [2.24, 2.45) is 5.92 Å². The highest BCUT2D eigenvalue weighted by Crippen LogP contribution is 2.24. The molecule has 0 saturated heterocycles. The molecule has 0 spiro atoms. The maximum absolute atomic E-state index is 12.3. The standard InChI is InChI=1S/C28H34O8S2/c1-37(29,30)35-21-26(18-23-12-6-3-7-13-23)28(34-20-25-16-10-5-11-17-25)27(36-38(2,31)32)22-33-19-24-14-8-4-9-15-24/h3-17,26-28H,18-22H2,1-2H3/t26?,27-,28-/m1/s1. The highest BCUT2D eigenvalue weighted by Gasteiger charge is 2.35. The average Bonchev–Trinajstić information content (AvgIpc) is 2.87. The van der Waals surface area contributed by atoms with Crippen molar-refractivity contribution < 1.29 is 34.7 Å². The Bertz CT molecular complexity index is 1300. The van der Waals surface area contributed by atoms with Crippen LogP contribution >= 0.6 is 0 Å². The molecule has 10 heteroatoms. The van der Waals surface area contributed by atoms with Crippen molar-refractivity contribution in [3.05, 3.63) is 108 Å². The maximum Gasteiger partial charge on any atom is 0.264 e. The molecule has 3 rings (SSSR count). The first-order valence-corrected chi connectivity index (χ1v) is 15.8. The SMILES string of the molecule is CS(=O)(=O)OCC(Cc1ccccc1)[C@@H](OCc1ccccc1)[C@@H](COCc1ccccc1)OS(C)(=O)=O. The van der Waals surface area contributed by atoms with E-state index < -0.39 is 38.4 Å². The van der Waals surface area contributed by atoms with Gasteiger partial charge in [-0.15, -0.1) is 0 Å². The van der Waals surface area contributed by atoms with Gasteiger partial charge in [-0.25, -0.2) is 0 Å². The second kappa shape index (κ2) is 14.5. The Kier molecular flexibility index (Phi) is 11.4. The Balaban J connectivity index is 1.92. The van der Waals surface area contributed by atoms with E-state index in [0.717, 1.165) is 29.2 Å². The third-order valence-corrected chi connectivity index (χ3v) is 6.81. The smallest absolute Gasteiger partial charge is 0.264 e. The summed E-state index contributed by atoms with van der Waals surface area (Å²) >= 11 is 0. The number of rotatable bonds is 16. The minimum Gasteiger partial charge on any atom is -0.374 e. The van der Waals surface area contributed by atoms with Crippen molar-refractivity contribution in [3.8, 4) is 0 Å². The molecular weight excluding hydrogens is 528 g/mol. The zero-order chi connectivity index (χ0) is 27.4. The summed E-state index contributed by atoms with van der Waals surface area (Å²) in [6.07, 6.45) is 0.347. The molecule has 0 saturated carbocycles. The first-order chi connectivity index (χ1) is 18.1. The van der Waals surface area contributed by atoms with E-state index in [-0.39, 0.29) is 26.4 Å². The first-order valence-electron chi connectivity index (χ1n) is 12.1. The van der Waals surface area contributed by atoms with Crippen LogP contribution in [0.5, 0.6) is 0 Å². The third-order valence-electron chi connectivity index (χ3n) is 5.65. The molecule has 0 fully saturated rings. The van der Waals surface area contributed by atoms with E-state index in [9.17, 15) is 16.8 Å². The maximum atomic E-state index is 12.3. The van der Waals surface area contributed by atoms with E-state index in [1.54, 1.807) is 0 Å². The second-order valence-corrected chi connectivity index (χ2v) is 12.3. The Labute approximate surface area is 225 Å². The van der Waals surface area contributed by atoms with E-state index >= 15 is 0 Å². The minimum absolute atomic E-state index is 0.106. The third kappa shape index (κ3) is 11.4. The van der Waals surface area contributed by atoms with Crippen LogP contribution in [0.1, 0.15) is 16.7 Å². The van der Waals surface area contributed by atoms with Crippen LogP contribution in [0.3, 0.4) is 0 Å². The zero-order valence-electron chi connectivity index (χ0n) is 21.5. The highest BCUT2D eigenvalue weighted by atomic mass is 32.2. The lowest BCUT2D eigenvalue weighted by atomic mass is 9.91. The zero-order valence-corrected chi connectivity index (χ0v) is 23.1. The van der Waals surface area contributed by atoms with Crippen LogP contribution in [0, 0.1) is 5.92 Å². The molecule has 0 aromatic heterocycles. The van der Waals surface area contributed by atoms with Crippen LogP contribution in [0.2, 0.25) is 0 Å². The molecule has 0 aliphatic rings. The Morgan fingerprint density at radius 1 is 0.632 bits per heavy atom. The summed E-state index contributed by atoms with van der Waals surface area (Å²) in [6.45, 7) is 0.0537. The first kappa shape index (κ1) is 29.9. The lowest BCUT2D eigenvalue weighted by Gasteiger charge is -2.33. The van der Waals surface area contributed by atoms with Crippen molar-refractivity contribution in [1.29, 1.82) is 0 Å². The quantitative estimate of drug-likeness (QED) is 0.242. The number of ether oxygens (including phenoxy) is 2. The Hall–Kier alpha value is -2.60. The fourth-order valence-corrected chi connectivity index (χ4v) is 5.02. The van der Waals surface area contributed by atoms with Crippen LogP contribution in [0.25, 0.3) is 0 Å². The van der Waals surface area contributed by atoms with Crippen LogP contribution in [-0.4, -0.2) is 54.8 Å². The van der Waals surface area contributed by atoms with Crippen molar-refractivity contribution in [3.63, 3.8) is 0 Å². The molecule has 0 radical (unpaired) electrons. The molecule has 3 atom stereocenters. The summed E-state index contributed by atoms with van der Waals surface area (Å²) in [5.74, 6) is -0.581. The largest absolute Gasteiger partial charge is 0.374 e. The molecule has 1 unspecified atom stereocenters. The molecule has 8 nitrogen and oxygen atoms in total. The van der Waals surface area contributed by atoms with Crippen LogP contribution in [-0.2, 0) is 57.7 Å². The van der Waals surface area contributed by atoms with E-state index in [0.29, 0.717) is 6.42 Å². The predicted octanol–water partition coefficient (Wildman–Crippen LogP) is 3.97. The van der Waals surface area contributed by atoms with E-state index in [1.165, 1.54) is 0 Å². The summed E-state index contributed by atoms with van der Waals surface area (Å²) in [5, 5.41) is 0. The van der Waals surface area contributed by atoms with Crippen molar-refractivity contribution in [1.82, 2.24) is 0 Å². The molecule has 0 aliphatic carbocycles. The fraction of sp³-hybridized carbons (Fsp3) is 0.357. The Morgan fingerprint density at radius 3 is 1.63 bits per heavy atom. The molecule has 38 heavy (non-hydrogen) atoms. The highest BCUT2D eigenvalue weighted by molar-refractivity contribution is 7.86. The minimum atomic E-state index is -3.92. The monoisotopic (exact) mass is 562 g/mol. The van der Waals surface area contributed by atoms with E-state index in [4.69, 9.17) is 17.8 Å². The van der Waals surface area contributed by atoms with Gasteiger partial charge < -0.3 is 9.47 Å². The molecule has 206 valence electrons.